The van der Waals surface area contributed by atoms with Crippen LogP contribution in [0, 0.1) is 0 Å². The van der Waals surface area contributed by atoms with Gasteiger partial charge in [0.2, 0.25) is 0 Å². The second-order valence-corrected chi connectivity index (χ2v) is 15.0. The van der Waals surface area contributed by atoms with Crippen molar-refractivity contribution < 1.29 is 44.3 Å². The van der Waals surface area contributed by atoms with Crippen molar-refractivity contribution >= 4 is 32.4 Å². The first-order chi connectivity index (χ1) is 17.1. The molecular formula is C24H46N2O10S2. The fourth-order valence-electron chi connectivity index (χ4n) is 4.05. The highest BCUT2D eigenvalue weighted by molar-refractivity contribution is 7.86. The Morgan fingerprint density at radius 2 is 0.842 bits per heavy atom. The second-order valence-electron chi connectivity index (χ2n) is 11.8. The van der Waals surface area contributed by atoms with Crippen LogP contribution in [-0.4, -0.2) is 77.0 Å². The van der Waals surface area contributed by atoms with E-state index in [-0.39, 0.29) is 24.3 Å². The normalized spacial score (nSPS) is 24.8. The van der Waals surface area contributed by atoms with Crippen molar-refractivity contribution in [3.63, 3.8) is 0 Å². The Hall–Kier alpha value is -1.64. The van der Waals surface area contributed by atoms with E-state index in [1.54, 1.807) is 0 Å². The summed E-state index contributed by atoms with van der Waals surface area (Å²) in [6.45, 7) is 10.9. The molecule has 38 heavy (non-hydrogen) atoms. The predicted molar refractivity (Wildman–Crippen MR) is 143 cm³/mol. The van der Waals surface area contributed by atoms with Crippen LogP contribution in [0.2, 0.25) is 0 Å². The summed E-state index contributed by atoms with van der Waals surface area (Å²) in [5.74, 6) is 0. The van der Waals surface area contributed by atoms with Crippen molar-refractivity contribution in [1.82, 2.24) is 10.6 Å². The third-order valence-electron chi connectivity index (χ3n) is 5.41. The van der Waals surface area contributed by atoms with Gasteiger partial charge in [0.15, 0.2) is 0 Å². The van der Waals surface area contributed by atoms with Gasteiger partial charge in [-0.2, -0.15) is 16.8 Å². The molecule has 14 heteroatoms. The number of hydrogen-bond acceptors (Lipinski definition) is 10. The molecule has 0 aromatic carbocycles. The van der Waals surface area contributed by atoms with Crippen molar-refractivity contribution in [2.24, 2.45) is 0 Å². The first kappa shape index (κ1) is 34.4. The Morgan fingerprint density at radius 1 is 0.579 bits per heavy atom. The van der Waals surface area contributed by atoms with E-state index in [9.17, 15) is 26.4 Å². The zero-order valence-corrected chi connectivity index (χ0v) is 25.5. The van der Waals surface area contributed by atoms with Gasteiger partial charge in [0.05, 0.1) is 24.7 Å². The minimum Gasteiger partial charge on any atom is -0.444 e. The molecule has 0 aromatic rings. The monoisotopic (exact) mass is 586 g/mol. The summed E-state index contributed by atoms with van der Waals surface area (Å²) < 4.78 is 64.2. The molecule has 2 amide bonds. The highest BCUT2D eigenvalue weighted by Crippen LogP contribution is 2.24. The number of carbonyl (C=O) groups is 2. The Kier molecular flexibility index (Phi) is 12.8. The minimum absolute atomic E-state index is 0.0225. The average Bonchev–Trinajstić information content (AvgIpc) is 2.66. The van der Waals surface area contributed by atoms with Gasteiger partial charge in [-0.3, -0.25) is 8.37 Å². The highest BCUT2D eigenvalue weighted by Gasteiger charge is 2.28. The Bertz CT molecular complexity index is 889. The maximum absolute atomic E-state index is 11.6. The number of ether oxygens (including phenoxy) is 2. The van der Waals surface area contributed by atoms with E-state index in [1.165, 1.54) is 0 Å². The lowest BCUT2D eigenvalue weighted by molar-refractivity contribution is 0.0462. The summed E-state index contributed by atoms with van der Waals surface area (Å²) in [7, 11) is -6.80. The molecular weight excluding hydrogens is 540 g/mol. The molecule has 0 saturated heterocycles. The molecule has 2 rings (SSSR count). The Morgan fingerprint density at radius 3 is 1.05 bits per heavy atom. The lowest BCUT2D eigenvalue weighted by Crippen LogP contribution is -2.42. The third-order valence-corrected chi connectivity index (χ3v) is 6.66. The first-order valence-electron chi connectivity index (χ1n) is 12.9. The molecule has 2 N–H and O–H groups in total. The smallest absolute Gasteiger partial charge is 0.407 e. The second kappa shape index (κ2) is 14.1. The fraction of sp³-hybridized carbons (Fsp3) is 0.917. The average molecular weight is 587 g/mol. The standard InChI is InChI=1S/2C12H23NO5S/c2*1-12(2,3)17-11(14)13-9-5-7-10(8-6-9)18-19(4,15)16/h2*9-10H,5-8H2,1-4H3,(H,13,14). The van der Waals surface area contributed by atoms with E-state index in [1.807, 2.05) is 41.5 Å². The molecule has 224 valence electrons. The SMILES string of the molecule is CC(C)(C)OC(=O)NC1CCC(OS(C)(=O)=O)CC1.CC(C)(C)OC(=O)NC1CCC(OS(C)(=O)=O)CC1. The number of amides is 2. The third kappa shape index (κ3) is 17.8. The van der Waals surface area contributed by atoms with Crippen LogP contribution in [0.25, 0.3) is 0 Å². The van der Waals surface area contributed by atoms with Crippen LogP contribution >= 0.6 is 0 Å². The number of hydrogen-bond donors (Lipinski definition) is 2. The van der Waals surface area contributed by atoms with Gasteiger partial charge in [-0.1, -0.05) is 0 Å². The number of nitrogens with one attached hydrogen (secondary N) is 2. The van der Waals surface area contributed by atoms with E-state index < -0.39 is 43.6 Å². The van der Waals surface area contributed by atoms with Crippen molar-refractivity contribution in [3.05, 3.63) is 0 Å². The molecule has 0 atom stereocenters. The van der Waals surface area contributed by atoms with Crippen molar-refractivity contribution in [3.8, 4) is 0 Å². The summed E-state index contributed by atoms with van der Waals surface area (Å²) >= 11 is 0. The van der Waals surface area contributed by atoms with Crippen LogP contribution < -0.4 is 10.6 Å². The molecule has 0 aliphatic heterocycles. The van der Waals surface area contributed by atoms with Gasteiger partial charge in [-0.15, -0.1) is 0 Å². The van der Waals surface area contributed by atoms with E-state index in [4.69, 9.17) is 17.8 Å². The quantitative estimate of drug-likeness (QED) is 0.440. The van der Waals surface area contributed by atoms with Gasteiger partial charge in [-0.25, -0.2) is 9.59 Å². The number of rotatable bonds is 6. The van der Waals surface area contributed by atoms with E-state index in [0.717, 1.165) is 12.5 Å². The lowest BCUT2D eigenvalue weighted by Gasteiger charge is -2.29. The molecule has 0 heterocycles. The summed E-state index contributed by atoms with van der Waals surface area (Å²) in [4.78, 5) is 23.2. The van der Waals surface area contributed by atoms with Crippen LogP contribution in [0.4, 0.5) is 9.59 Å². The van der Waals surface area contributed by atoms with Crippen LogP contribution in [-0.2, 0) is 38.1 Å². The van der Waals surface area contributed by atoms with Gasteiger partial charge in [0, 0.05) is 12.1 Å². The largest absolute Gasteiger partial charge is 0.444 e. The van der Waals surface area contributed by atoms with Gasteiger partial charge >= 0.3 is 12.2 Å². The number of carbonyl (C=O) groups excluding carboxylic acids is 2. The van der Waals surface area contributed by atoms with Crippen LogP contribution in [0.5, 0.6) is 0 Å². The predicted octanol–water partition coefficient (Wildman–Crippen LogP) is 3.60. The van der Waals surface area contributed by atoms with Crippen LogP contribution in [0.1, 0.15) is 92.9 Å². The molecule has 0 spiro atoms. The summed E-state index contributed by atoms with van der Waals surface area (Å²) in [5, 5.41) is 5.59. The van der Waals surface area contributed by atoms with E-state index in [2.05, 4.69) is 10.6 Å². The molecule has 2 aliphatic rings. The zero-order chi connectivity index (χ0) is 29.4. The fourth-order valence-corrected chi connectivity index (χ4v) is 5.42. The molecule has 2 fully saturated rings. The summed E-state index contributed by atoms with van der Waals surface area (Å²) in [5.41, 5.74) is -1.03. The molecule has 2 saturated carbocycles. The topological polar surface area (TPSA) is 163 Å². The molecule has 0 bridgehead atoms. The van der Waals surface area contributed by atoms with Gasteiger partial charge < -0.3 is 20.1 Å². The van der Waals surface area contributed by atoms with Crippen LogP contribution in [0.3, 0.4) is 0 Å². The van der Waals surface area contributed by atoms with E-state index >= 15 is 0 Å². The van der Waals surface area contributed by atoms with Crippen molar-refractivity contribution in [1.29, 1.82) is 0 Å². The van der Waals surface area contributed by atoms with E-state index in [0.29, 0.717) is 51.4 Å². The molecule has 0 unspecified atom stereocenters. The minimum atomic E-state index is -3.40. The number of alkyl carbamates (subject to hydrolysis) is 2. The molecule has 12 nitrogen and oxygen atoms in total. The zero-order valence-electron chi connectivity index (χ0n) is 23.9. The maximum atomic E-state index is 11.6. The first-order valence-corrected chi connectivity index (χ1v) is 16.5. The Balaban J connectivity index is 0.000000380. The lowest BCUT2D eigenvalue weighted by atomic mass is 9.93. The van der Waals surface area contributed by atoms with Gasteiger partial charge in [-0.05, 0) is 92.9 Å². The molecule has 2 aliphatic carbocycles. The van der Waals surface area contributed by atoms with Crippen LogP contribution in [0.15, 0.2) is 0 Å². The molecule has 0 aromatic heterocycles. The molecule has 0 radical (unpaired) electrons. The maximum Gasteiger partial charge on any atom is 0.407 e. The van der Waals surface area contributed by atoms with Gasteiger partial charge in [0.1, 0.15) is 11.2 Å². The van der Waals surface area contributed by atoms with Gasteiger partial charge in [0.25, 0.3) is 20.2 Å². The Labute approximate surface area is 228 Å². The highest BCUT2D eigenvalue weighted by atomic mass is 32.2. The summed E-state index contributed by atoms with van der Waals surface area (Å²) in [6, 6.07) is 0.0449. The van der Waals surface area contributed by atoms with Crippen molar-refractivity contribution in [2.45, 2.75) is 128 Å². The summed E-state index contributed by atoms with van der Waals surface area (Å²) in [6.07, 6.45) is 5.95. The van der Waals surface area contributed by atoms with Crippen molar-refractivity contribution in [2.75, 3.05) is 12.5 Å².